The third kappa shape index (κ3) is 5.40. The largest absolute Gasteiger partial charge is 0.456 e. The average molecular weight is 414 g/mol. The summed E-state index contributed by atoms with van der Waals surface area (Å²) in [6.07, 6.45) is 3.18. The maximum atomic E-state index is 12.5. The van der Waals surface area contributed by atoms with Gasteiger partial charge in [0, 0.05) is 6.54 Å². The van der Waals surface area contributed by atoms with E-state index in [0.717, 1.165) is 29.9 Å². The number of hydrogen-bond acceptors (Lipinski definition) is 5. The zero-order chi connectivity index (χ0) is 22.1. The minimum atomic E-state index is -0.533. The third-order valence-corrected chi connectivity index (χ3v) is 4.62. The maximum Gasteiger partial charge on any atom is 0.410 e. The molecule has 1 aromatic heterocycles. The smallest absolute Gasteiger partial charge is 0.410 e. The van der Waals surface area contributed by atoms with Gasteiger partial charge in [-0.3, -0.25) is 4.90 Å². The molecule has 1 atom stereocenters. The lowest BCUT2D eigenvalue weighted by Crippen LogP contribution is -2.36. The van der Waals surface area contributed by atoms with Gasteiger partial charge in [0.25, 0.3) is 0 Å². The van der Waals surface area contributed by atoms with E-state index in [1.807, 2.05) is 53.7 Å². The third-order valence-electron chi connectivity index (χ3n) is 4.62. The van der Waals surface area contributed by atoms with E-state index in [-0.39, 0.29) is 18.1 Å². The molecule has 1 aliphatic rings. The van der Waals surface area contributed by atoms with Crippen molar-refractivity contribution in [3.8, 4) is 11.3 Å². The summed E-state index contributed by atoms with van der Waals surface area (Å²) in [6.45, 7) is 11.8. The molecule has 0 radical (unpaired) electrons. The molecule has 0 bridgehead atoms. The van der Waals surface area contributed by atoms with Crippen molar-refractivity contribution in [2.24, 2.45) is 0 Å². The second-order valence-electron chi connectivity index (χ2n) is 9.59. The van der Waals surface area contributed by atoms with Gasteiger partial charge in [-0.1, -0.05) is 12.1 Å². The summed E-state index contributed by atoms with van der Waals surface area (Å²) in [7, 11) is 0. The highest BCUT2D eigenvalue weighted by molar-refractivity contribution is 5.90. The molecule has 2 aromatic rings. The summed E-state index contributed by atoms with van der Waals surface area (Å²) in [6, 6.07) is 7.07. The van der Waals surface area contributed by atoms with Crippen LogP contribution in [0.15, 0.2) is 30.5 Å². The second kappa shape index (κ2) is 8.13. The van der Waals surface area contributed by atoms with E-state index in [0.29, 0.717) is 12.1 Å². The molecule has 30 heavy (non-hydrogen) atoms. The first-order valence-corrected chi connectivity index (χ1v) is 10.3. The number of H-pyrrole nitrogens is 1. The number of nitrogens with zero attached hydrogens (tertiary/aromatic N) is 2. The summed E-state index contributed by atoms with van der Waals surface area (Å²) in [4.78, 5) is 34.3. The molecule has 1 saturated heterocycles. The van der Waals surface area contributed by atoms with E-state index in [1.54, 1.807) is 23.2 Å². The van der Waals surface area contributed by atoms with Crippen LogP contribution in [0.1, 0.15) is 76.6 Å². The van der Waals surface area contributed by atoms with Gasteiger partial charge in [0.05, 0.1) is 23.5 Å². The number of amides is 1. The molecule has 1 aromatic carbocycles. The Hall–Kier alpha value is -2.83. The predicted molar refractivity (Wildman–Crippen MR) is 114 cm³/mol. The molecule has 0 saturated carbocycles. The number of aromatic nitrogens is 2. The number of benzene rings is 1. The van der Waals surface area contributed by atoms with Gasteiger partial charge in [0.15, 0.2) is 0 Å². The van der Waals surface area contributed by atoms with Gasteiger partial charge in [-0.25, -0.2) is 14.6 Å². The van der Waals surface area contributed by atoms with Crippen LogP contribution < -0.4 is 0 Å². The summed E-state index contributed by atoms with van der Waals surface area (Å²) in [5.41, 5.74) is 1.17. The number of ether oxygens (including phenoxy) is 2. The molecule has 1 N–H and O–H groups in total. The van der Waals surface area contributed by atoms with Crippen molar-refractivity contribution in [1.29, 1.82) is 0 Å². The summed E-state index contributed by atoms with van der Waals surface area (Å²) >= 11 is 0. The topological polar surface area (TPSA) is 84.5 Å². The van der Waals surface area contributed by atoms with Crippen LogP contribution >= 0.6 is 0 Å². The minimum Gasteiger partial charge on any atom is -0.456 e. The van der Waals surface area contributed by atoms with Crippen molar-refractivity contribution in [3.05, 3.63) is 41.9 Å². The molecule has 1 amide bonds. The lowest BCUT2D eigenvalue weighted by molar-refractivity contribution is 0.00687. The first-order chi connectivity index (χ1) is 13.9. The Bertz CT molecular complexity index is 904. The molecule has 162 valence electrons. The molecule has 3 rings (SSSR count). The number of aromatic amines is 1. The van der Waals surface area contributed by atoms with Crippen LogP contribution in [0.5, 0.6) is 0 Å². The molecule has 7 nitrogen and oxygen atoms in total. The zero-order valence-corrected chi connectivity index (χ0v) is 18.6. The Morgan fingerprint density at radius 2 is 1.67 bits per heavy atom. The van der Waals surface area contributed by atoms with Gasteiger partial charge in [-0.15, -0.1) is 0 Å². The van der Waals surface area contributed by atoms with E-state index in [1.165, 1.54) is 0 Å². The maximum absolute atomic E-state index is 12.5. The standard InChI is InChI=1S/C23H31N3O4/c1-22(2,3)29-20(27)16-11-9-15(10-12-16)17-14-24-19(25-17)18-8-7-13-26(18)21(28)30-23(4,5)6/h9-12,14,18H,7-8,13H2,1-6H3,(H,24,25)/t18-/m0/s1. The SMILES string of the molecule is CC(C)(C)OC(=O)c1ccc(-c2cnc([C@@H]3CCCN3C(=O)OC(C)(C)C)[nH]2)cc1. The number of esters is 1. The minimum absolute atomic E-state index is 0.130. The van der Waals surface area contributed by atoms with Crippen LogP contribution in [0.25, 0.3) is 11.3 Å². The number of likely N-dealkylation sites (tertiary alicyclic amines) is 1. The molecular formula is C23H31N3O4. The summed E-state index contributed by atoms with van der Waals surface area (Å²) < 4.78 is 10.9. The van der Waals surface area contributed by atoms with E-state index >= 15 is 0 Å². The molecule has 1 aliphatic heterocycles. The van der Waals surface area contributed by atoms with E-state index in [9.17, 15) is 9.59 Å². The van der Waals surface area contributed by atoms with Crippen molar-refractivity contribution in [3.63, 3.8) is 0 Å². The van der Waals surface area contributed by atoms with Crippen LogP contribution in [0, 0.1) is 0 Å². The Balaban J connectivity index is 1.73. The van der Waals surface area contributed by atoms with Crippen molar-refractivity contribution in [1.82, 2.24) is 14.9 Å². The summed E-state index contributed by atoms with van der Waals surface area (Å²) in [5, 5.41) is 0. The Labute approximate surface area is 177 Å². The number of rotatable bonds is 3. The fraction of sp³-hybridized carbons (Fsp3) is 0.522. The van der Waals surface area contributed by atoms with Gasteiger partial charge >= 0.3 is 12.1 Å². The highest BCUT2D eigenvalue weighted by atomic mass is 16.6. The average Bonchev–Trinajstić information content (AvgIpc) is 3.28. The van der Waals surface area contributed by atoms with Crippen LogP contribution in [0.4, 0.5) is 4.79 Å². The molecular weight excluding hydrogens is 382 g/mol. The molecule has 0 unspecified atom stereocenters. The van der Waals surface area contributed by atoms with Crippen molar-refractivity contribution in [2.45, 2.75) is 71.6 Å². The highest BCUT2D eigenvalue weighted by Gasteiger charge is 2.34. The van der Waals surface area contributed by atoms with Crippen molar-refractivity contribution in [2.75, 3.05) is 6.54 Å². The van der Waals surface area contributed by atoms with Gasteiger partial charge in [0.2, 0.25) is 0 Å². The number of imidazole rings is 1. The lowest BCUT2D eigenvalue weighted by atomic mass is 10.1. The lowest BCUT2D eigenvalue weighted by Gasteiger charge is -2.27. The molecule has 0 aliphatic carbocycles. The first kappa shape index (κ1) is 21.9. The number of carbonyl (C=O) groups excluding carboxylic acids is 2. The van der Waals surface area contributed by atoms with E-state index < -0.39 is 11.2 Å². The second-order valence-corrected chi connectivity index (χ2v) is 9.59. The van der Waals surface area contributed by atoms with Gasteiger partial charge in [-0.05, 0) is 72.1 Å². The van der Waals surface area contributed by atoms with Crippen molar-refractivity contribution < 1.29 is 19.1 Å². The predicted octanol–water partition coefficient (Wildman–Crippen LogP) is 5.10. The van der Waals surface area contributed by atoms with E-state index in [2.05, 4.69) is 9.97 Å². The van der Waals surface area contributed by atoms with Crippen molar-refractivity contribution >= 4 is 12.1 Å². The Morgan fingerprint density at radius 1 is 1.03 bits per heavy atom. The monoisotopic (exact) mass is 413 g/mol. The number of hydrogen-bond donors (Lipinski definition) is 1. The van der Waals surface area contributed by atoms with E-state index in [4.69, 9.17) is 9.47 Å². The Kier molecular flexibility index (Phi) is 5.92. The van der Waals surface area contributed by atoms with Crippen LogP contribution in [-0.4, -0.2) is 44.7 Å². The van der Waals surface area contributed by atoms with Crippen LogP contribution in [-0.2, 0) is 9.47 Å². The summed E-state index contributed by atoms with van der Waals surface area (Å²) in [5.74, 6) is 0.392. The molecule has 0 spiro atoms. The van der Waals surface area contributed by atoms with Crippen LogP contribution in [0.2, 0.25) is 0 Å². The van der Waals surface area contributed by atoms with Gasteiger partial charge in [-0.2, -0.15) is 0 Å². The Morgan fingerprint density at radius 3 is 2.27 bits per heavy atom. The molecule has 2 heterocycles. The first-order valence-electron chi connectivity index (χ1n) is 10.3. The number of carbonyl (C=O) groups is 2. The zero-order valence-electron chi connectivity index (χ0n) is 18.6. The van der Waals surface area contributed by atoms with Gasteiger partial charge in [0.1, 0.15) is 17.0 Å². The molecule has 7 heteroatoms. The molecule has 1 fully saturated rings. The van der Waals surface area contributed by atoms with Gasteiger partial charge < -0.3 is 14.5 Å². The normalized spacial score (nSPS) is 17.1. The number of nitrogens with one attached hydrogen (secondary N) is 1. The van der Waals surface area contributed by atoms with Crippen LogP contribution in [0.3, 0.4) is 0 Å². The fourth-order valence-corrected chi connectivity index (χ4v) is 3.37. The quantitative estimate of drug-likeness (QED) is 0.707. The fourth-order valence-electron chi connectivity index (χ4n) is 3.37. The highest BCUT2D eigenvalue weighted by Crippen LogP contribution is 2.32.